The van der Waals surface area contributed by atoms with E-state index >= 15 is 0 Å². The molecule has 0 unspecified atom stereocenters. The molecule has 0 saturated carbocycles. The molecule has 0 spiro atoms. The third-order valence-electron chi connectivity index (χ3n) is 2.29. The molecule has 1 fully saturated rings. The number of nitrogens with one attached hydrogen (secondary N) is 1. The summed E-state index contributed by atoms with van der Waals surface area (Å²) in [5.41, 5.74) is -0.172. The first-order valence-corrected chi connectivity index (χ1v) is 4.56. The molecule has 1 amide bonds. The molecule has 0 aromatic rings. The largest absolute Gasteiger partial charge is 0.443 e. The van der Waals surface area contributed by atoms with Crippen LogP contribution in [0.25, 0.3) is 0 Å². The minimum atomic E-state index is -0.237. The van der Waals surface area contributed by atoms with Crippen molar-refractivity contribution in [3.63, 3.8) is 0 Å². The molecule has 0 aromatic heterocycles. The van der Waals surface area contributed by atoms with Gasteiger partial charge in [-0.05, 0) is 20.8 Å². The highest BCUT2D eigenvalue weighted by Gasteiger charge is 2.28. The van der Waals surface area contributed by atoms with E-state index in [9.17, 15) is 4.79 Å². The van der Waals surface area contributed by atoms with Crippen LogP contribution in [-0.2, 0) is 4.74 Å². The van der Waals surface area contributed by atoms with E-state index in [-0.39, 0.29) is 17.7 Å². The fraction of sp³-hybridized carbons (Fsp3) is 0.889. The van der Waals surface area contributed by atoms with Crippen molar-refractivity contribution in [3.8, 4) is 0 Å². The summed E-state index contributed by atoms with van der Waals surface area (Å²) >= 11 is 0. The second-order valence-electron chi connectivity index (χ2n) is 4.39. The molecule has 0 aliphatic carbocycles. The third-order valence-corrected chi connectivity index (χ3v) is 2.29. The van der Waals surface area contributed by atoms with E-state index in [0.717, 1.165) is 13.1 Å². The van der Waals surface area contributed by atoms with Gasteiger partial charge in [0.1, 0.15) is 6.10 Å². The highest BCUT2D eigenvalue weighted by molar-refractivity contribution is 5.68. The van der Waals surface area contributed by atoms with Crippen molar-refractivity contribution in [1.29, 1.82) is 0 Å². The summed E-state index contributed by atoms with van der Waals surface area (Å²) in [6, 6.07) is 0. The first kappa shape index (κ1) is 10.3. The molecule has 1 heterocycles. The van der Waals surface area contributed by atoms with Crippen molar-refractivity contribution in [3.05, 3.63) is 0 Å². The van der Waals surface area contributed by atoms with Gasteiger partial charge in [-0.15, -0.1) is 0 Å². The van der Waals surface area contributed by atoms with E-state index < -0.39 is 0 Å². The third kappa shape index (κ3) is 2.59. The molecular weight excluding hydrogens is 168 g/mol. The van der Waals surface area contributed by atoms with Crippen molar-refractivity contribution in [2.75, 3.05) is 20.1 Å². The monoisotopic (exact) mass is 186 g/mol. The van der Waals surface area contributed by atoms with E-state index in [1.165, 1.54) is 0 Å². The van der Waals surface area contributed by atoms with Crippen LogP contribution in [0.2, 0.25) is 0 Å². The van der Waals surface area contributed by atoms with Crippen LogP contribution >= 0.6 is 0 Å². The van der Waals surface area contributed by atoms with E-state index in [1.807, 2.05) is 20.8 Å². The zero-order valence-corrected chi connectivity index (χ0v) is 8.76. The summed E-state index contributed by atoms with van der Waals surface area (Å²) in [4.78, 5) is 13.1. The van der Waals surface area contributed by atoms with Crippen LogP contribution in [0.3, 0.4) is 0 Å². The van der Waals surface area contributed by atoms with Crippen LogP contribution in [-0.4, -0.2) is 42.8 Å². The fourth-order valence-corrected chi connectivity index (χ4v) is 0.841. The van der Waals surface area contributed by atoms with Gasteiger partial charge in [-0.3, -0.25) is 0 Å². The smallest absolute Gasteiger partial charge is 0.410 e. The Bertz CT molecular complexity index is 194. The van der Waals surface area contributed by atoms with Crippen molar-refractivity contribution in [1.82, 2.24) is 10.2 Å². The molecule has 4 heteroatoms. The van der Waals surface area contributed by atoms with Crippen molar-refractivity contribution in [2.45, 2.75) is 32.4 Å². The lowest BCUT2D eigenvalue weighted by atomic mass is 10.1. The molecule has 0 atom stereocenters. The van der Waals surface area contributed by atoms with E-state index in [4.69, 9.17) is 4.74 Å². The summed E-state index contributed by atoms with van der Waals surface area (Å²) in [6.45, 7) is 7.50. The summed E-state index contributed by atoms with van der Waals surface area (Å²) in [7, 11) is 1.76. The number of ether oxygens (including phenoxy) is 1. The van der Waals surface area contributed by atoms with Crippen LogP contribution in [0.15, 0.2) is 0 Å². The number of rotatable bonds is 1. The molecule has 0 aromatic carbocycles. The van der Waals surface area contributed by atoms with Crippen molar-refractivity contribution < 1.29 is 9.53 Å². The summed E-state index contributed by atoms with van der Waals surface area (Å²) in [6.07, 6.45) is -0.170. The van der Waals surface area contributed by atoms with Crippen LogP contribution in [0.4, 0.5) is 4.79 Å². The Hall–Kier alpha value is -0.770. The topological polar surface area (TPSA) is 41.6 Å². The van der Waals surface area contributed by atoms with Crippen LogP contribution in [0, 0.1) is 0 Å². The van der Waals surface area contributed by atoms with Gasteiger partial charge in [0.15, 0.2) is 0 Å². The molecule has 0 bridgehead atoms. The minimum absolute atomic E-state index is 0.0669. The van der Waals surface area contributed by atoms with Crippen LogP contribution in [0.1, 0.15) is 20.8 Å². The zero-order chi connectivity index (χ0) is 10.1. The minimum Gasteiger partial charge on any atom is -0.443 e. The van der Waals surface area contributed by atoms with Crippen LogP contribution in [0.5, 0.6) is 0 Å². The molecule has 1 saturated heterocycles. The Morgan fingerprint density at radius 3 is 2.31 bits per heavy atom. The van der Waals surface area contributed by atoms with Crippen LogP contribution < -0.4 is 5.32 Å². The Labute approximate surface area is 79.2 Å². The zero-order valence-electron chi connectivity index (χ0n) is 8.76. The van der Waals surface area contributed by atoms with Gasteiger partial charge < -0.3 is 15.0 Å². The predicted octanol–water partition coefficient (Wildman–Crippen LogP) is 0.825. The first-order chi connectivity index (χ1) is 5.91. The van der Waals surface area contributed by atoms with Gasteiger partial charge in [0, 0.05) is 25.7 Å². The highest BCUT2D eigenvalue weighted by Crippen LogP contribution is 2.13. The van der Waals surface area contributed by atoms with Gasteiger partial charge in [-0.25, -0.2) is 4.79 Å². The normalized spacial score (nSPS) is 17.8. The standard InChI is InChI=1S/C9H18N2O2/c1-9(2,3)11(4)8(12)13-7-5-10-6-7/h7,10H,5-6H2,1-4H3. The van der Waals surface area contributed by atoms with E-state index in [1.54, 1.807) is 11.9 Å². The number of amides is 1. The molecule has 1 N–H and O–H groups in total. The summed E-state index contributed by atoms with van der Waals surface area (Å²) in [5, 5.41) is 3.05. The lowest BCUT2D eigenvalue weighted by Gasteiger charge is -2.34. The van der Waals surface area contributed by atoms with Gasteiger partial charge in [0.2, 0.25) is 0 Å². The molecule has 13 heavy (non-hydrogen) atoms. The van der Waals surface area contributed by atoms with Gasteiger partial charge >= 0.3 is 6.09 Å². The second kappa shape index (κ2) is 3.54. The predicted molar refractivity (Wildman–Crippen MR) is 50.7 cm³/mol. The van der Waals surface area contributed by atoms with Crippen molar-refractivity contribution in [2.24, 2.45) is 0 Å². The Morgan fingerprint density at radius 1 is 1.46 bits per heavy atom. The van der Waals surface area contributed by atoms with Gasteiger partial charge in [-0.2, -0.15) is 0 Å². The molecular formula is C9H18N2O2. The second-order valence-corrected chi connectivity index (χ2v) is 4.39. The number of carbonyl (C=O) groups is 1. The molecule has 1 aliphatic rings. The average Bonchev–Trinajstić information content (AvgIpc) is 1.93. The van der Waals surface area contributed by atoms with E-state index in [2.05, 4.69) is 5.32 Å². The fourth-order valence-electron chi connectivity index (χ4n) is 0.841. The maximum Gasteiger partial charge on any atom is 0.410 e. The number of hydrogen-bond donors (Lipinski definition) is 1. The maximum absolute atomic E-state index is 11.5. The molecule has 4 nitrogen and oxygen atoms in total. The first-order valence-electron chi connectivity index (χ1n) is 4.56. The number of nitrogens with zero attached hydrogens (tertiary/aromatic N) is 1. The number of hydrogen-bond acceptors (Lipinski definition) is 3. The Balaban J connectivity index is 2.37. The SMILES string of the molecule is CN(C(=O)OC1CNC1)C(C)(C)C. The van der Waals surface area contributed by atoms with Gasteiger partial charge in [0.05, 0.1) is 0 Å². The Morgan fingerprint density at radius 2 is 2.00 bits per heavy atom. The maximum atomic E-state index is 11.5. The number of carbonyl (C=O) groups excluding carboxylic acids is 1. The average molecular weight is 186 g/mol. The van der Waals surface area contributed by atoms with Gasteiger partial charge in [0.25, 0.3) is 0 Å². The quantitative estimate of drug-likeness (QED) is 0.659. The Kier molecular flexibility index (Phi) is 2.81. The molecule has 0 radical (unpaired) electrons. The van der Waals surface area contributed by atoms with E-state index in [0.29, 0.717) is 0 Å². The molecule has 1 rings (SSSR count). The lowest BCUT2D eigenvalue weighted by Crippen LogP contribution is -2.52. The van der Waals surface area contributed by atoms with Gasteiger partial charge in [-0.1, -0.05) is 0 Å². The summed E-state index contributed by atoms with van der Waals surface area (Å²) in [5.74, 6) is 0. The highest BCUT2D eigenvalue weighted by atomic mass is 16.6. The van der Waals surface area contributed by atoms with Crippen molar-refractivity contribution >= 4 is 6.09 Å². The lowest BCUT2D eigenvalue weighted by molar-refractivity contribution is 0.0272. The summed E-state index contributed by atoms with van der Waals surface area (Å²) < 4.78 is 5.20. The molecule has 76 valence electrons. The molecule has 1 aliphatic heterocycles.